The number of allylic oxidation sites excluding steroid dienone is 1. The van der Waals surface area contributed by atoms with Gasteiger partial charge in [-0.15, -0.1) is 6.58 Å². The zero-order chi connectivity index (χ0) is 21.8. The normalized spacial score (nSPS) is 13.0. The SMILES string of the molecule is C=CCCCCCCCCc1ccc(COC(=O)CC2=CC(=O)NC2=O)c(OC)c1. The molecule has 1 heterocycles. The number of nitrogens with one attached hydrogen (secondary N) is 1. The standard InChI is InChI=1S/C24H31NO5/c1-3-4-5-6-7-8-9-10-11-18-12-13-19(21(14-18)29-2)17-30-23(27)16-20-15-22(26)25-24(20)28/h3,12-15H,1,4-11,16-17H2,2H3,(H,25,26,28). The Morgan fingerprint density at radius 2 is 1.83 bits per heavy atom. The number of methoxy groups -OCH3 is 1. The van der Waals surface area contributed by atoms with Gasteiger partial charge in [0, 0.05) is 17.2 Å². The predicted molar refractivity (Wildman–Crippen MR) is 115 cm³/mol. The lowest BCUT2D eigenvalue weighted by Gasteiger charge is -2.11. The van der Waals surface area contributed by atoms with Crippen LogP contribution in [-0.2, 0) is 32.1 Å². The fraction of sp³-hybridized carbons (Fsp3) is 0.458. The van der Waals surface area contributed by atoms with E-state index in [1.165, 1.54) is 37.7 Å². The number of imide groups is 1. The first kappa shape index (κ1) is 23.4. The Morgan fingerprint density at radius 1 is 1.10 bits per heavy atom. The molecule has 1 N–H and O–H groups in total. The lowest BCUT2D eigenvalue weighted by atomic mass is 10.0. The van der Waals surface area contributed by atoms with Crippen LogP contribution in [0.4, 0.5) is 0 Å². The van der Waals surface area contributed by atoms with Crippen LogP contribution < -0.4 is 10.1 Å². The molecule has 0 bridgehead atoms. The maximum atomic E-state index is 12.0. The largest absolute Gasteiger partial charge is 0.496 e. The van der Waals surface area contributed by atoms with Crippen LogP contribution in [0.2, 0.25) is 0 Å². The number of rotatable bonds is 14. The molecule has 2 rings (SSSR count). The third kappa shape index (κ3) is 7.85. The topological polar surface area (TPSA) is 81.7 Å². The van der Waals surface area contributed by atoms with Crippen molar-refractivity contribution >= 4 is 17.8 Å². The Balaban J connectivity index is 1.74. The van der Waals surface area contributed by atoms with Crippen LogP contribution in [0, 0.1) is 0 Å². The monoisotopic (exact) mass is 413 g/mol. The van der Waals surface area contributed by atoms with E-state index in [0.29, 0.717) is 5.75 Å². The molecule has 0 radical (unpaired) electrons. The Bertz CT molecular complexity index is 797. The smallest absolute Gasteiger partial charge is 0.310 e. The fourth-order valence-corrected chi connectivity index (χ4v) is 3.34. The van der Waals surface area contributed by atoms with Crippen molar-refractivity contribution in [3.05, 3.63) is 53.6 Å². The maximum absolute atomic E-state index is 12.0. The number of esters is 1. The average Bonchev–Trinajstić information content (AvgIpc) is 3.05. The summed E-state index contributed by atoms with van der Waals surface area (Å²) in [7, 11) is 1.59. The van der Waals surface area contributed by atoms with E-state index in [9.17, 15) is 14.4 Å². The van der Waals surface area contributed by atoms with Crippen LogP contribution in [0.1, 0.15) is 62.5 Å². The highest BCUT2D eigenvalue weighted by atomic mass is 16.5. The van der Waals surface area contributed by atoms with Gasteiger partial charge >= 0.3 is 5.97 Å². The Hall–Kier alpha value is -2.89. The van der Waals surface area contributed by atoms with Crippen molar-refractivity contribution in [1.82, 2.24) is 5.32 Å². The quantitative estimate of drug-likeness (QED) is 0.214. The molecule has 0 unspecified atom stereocenters. The number of amides is 2. The second-order valence-corrected chi connectivity index (χ2v) is 7.42. The number of carbonyl (C=O) groups is 3. The van der Waals surface area contributed by atoms with Crippen LogP contribution in [0.3, 0.4) is 0 Å². The predicted octanol–water partition coefficient (Wildman–Crippen LogP) is 4.17. The van der Waals surface area contributed by atoms with Gasteiger partial charge in [-0.3, -0.25) is 19.7 Å². The molecule has 0 saturated heterocycles. The molecule has 30 heavy (non-hydrogen) atoms. The van der Waals surface area contributed by atoms with Crippen molar-refractivity contribution in [2.45, 2.75) is 64.4 Å². The van der Waals surface area contributed by atoms with Crippen molar-refractivity contribution in [2.24, 2.45) is 0 Å². The number of carbonyl (C=O) groups excluding carboxylic acids is 3. The second kappa shape index (κ2) is 12.6. The van der Waals surface area contributed by atoms with E-state index in [0.717, 1.165) is 30.9 Å². The number of unbranched alkanes of at least 4 members (excludes halogenated alkanes) is 6. The van der Waals surface area contributed by atoms with Crippen LogP contribution >= 0.6 is 0 Å². The molecular weight excluding hydrogens is 382 g/mol. The third-order valence-corrected chi connectivity index (χ3v) is 5.03. The molecule has 0 aromatic heterocycles. The van der Waals surface area contributed by atoms with Crippen molar-refractivity contribution in [3.8, 4) is 5.75 Å². The van der Waals surface area contributed by atoms with E-state index in [-0.39, 0.29) is 18.6 Å². The van der Waals surface area contributed by atoms with Crippen molar-refractivity contribution in [1.29, 1.82) is 0 Å². The average molecular weight is 414 g/mol. The molecule has 1 aromatic rings. The van der Waals surface area contributed by atoms with Crippen LogP contribution in [0.5, 0.6) is 5.75 Å². The Morgan fingerprint density at radius 3 is 2.50 bits per heavy atom. The third-order valence-electron chi connectivity index (χ3n) is 5.03. The minimum absolute atomic E-state index is 0.0514. The highest BCUT2D eigenvalue weighted by Crippen LogP contribution is 2.23. The Labute approximate surface area is 178 Å². The zero-order valence-corrected chi connectivity index (χ0v) is 17.7. The van der Waals surface area contributed by atoms with Crippen LogP contribution in [0.25, 0.3) is 0 Å². The number of hydrogen-bond acceptors (Lipinski definition) is 5. The van der Waals surface area contributed by atoms with Gasteiger partial charge in [0.25, 0.3) is 11.8 Å². The summed E-state index contributed by atoms with van der Waals surface area (Å²) in [6, 6.07) is 5.92. The number of hydrogen-bond donors (Lipinski definition) is 1. The first-order valence-electron chi connectivity index (χ1n) is 10.5. The van der Waals surface area contributed by atoms with Gasteiger partial charge in [-0.2, -0.15) is 0 Å². The molecule has 6 heteroatoms. The van der Waals surface area contributed by atoms with Crippen molar-refractivity contribution < 1.29 is 23.9 Å². The van der Waals surface area contributed by atoms with E-state index in [2.05, 4.69) is 11.9 Å². The summed E-state index contributed by atoms with van der Waals surface area (Å²) in [6.45, 7) is 3.80. The summed E-state index contributed by atoms with van der Waals surface area (Å²) in [6.07, 6.45) is 12.3. The summed E-state index contributed by atoms with van der Waals surface area (Å²) in [5.41, 5.74) is 2.07. The molecule has 162 valence electrons. The van der Waals surface area contributed by atoms with Gasteiger partial charge in [-0.1, -0.05) is 43.9 Å². The van der Waals surface area contributed by atoms with Crippen molar-refractivity contribution in [3.63, 3.8) is 0 Å². The van der Waals surface area contributed by atoms with Gasteiger partial charge in [0.05, 0.1) is 13.5 Å². The lowest BCUT2D eigenvalue weighted by Crippen LogP contribution is -2.23. The van der Waals surface area contributed by atoms with Gasteiger partial charge in [0.1, 0.15) is 12.4 Å². The fourth-order valence-electron chi connectivity index (χ4n) is 3.34. The van der Waals surface area contributed by atoms with E-state index in [1.54, 1.807) is 7.11 Å². The first-order valence-corrected chi connectivity index (χ1v) is 10.5. The molecule has 0 aliphatic carbocycles. The van der Waals surface area contributed by atoms with Gasteiger partial charge in [0.15, 0.2) is 0 Å². The maximum Gasteiger partial charge on any atom is 0.310 e. The van der Waals surface area contributed by atoms with Gasteiger partial charge in [-0.05, 0) is 37.3 Å². The van der Waals surface area contributed by atoms with Crippen molar-refractivity contribution in [2.75, 3.05) is 7.11 Å². The number of aryl methyl sites for hydroxylation is 1. The minimum atomic E-state index is -0.565. The molecule has 6 nitrogen and oxygen atoms in total. The van der Waals surface area contributed by atoms with E-state index in [1.807, 2.05) is 24.3 Å². The first-order chi connectivity index (χ1) is 14.5. The van der Waals surface area contributed by atoms with Gasteiger partial charge in [0.2, 0.25) is 0 Å². The van der Waals surface area contributed by atoms with Crippen LogP contribution in [0.15, 0.2) is 42.5 Å². The van der Waals surface area contributed by atoms with Gasteiger partial charge < -0.3 is 9.47 Å². The highest BCUT2D eigenvalue weighted by Gasteiger charge is 2.23. The van der Waals surface area contributed by atoms with Gasteiger partial charge in [-0.25, -0.2) is 0 Å². The highest BCUT2D eigenvalue weighted by molar-refractivity contribution is 6.17. The Kier molecular flexibility index (Phi) is 9.84. The molecule has 2 amide bonds. The summed E-state index contributed by atoms with van der Waals surface area (Å²) >= 11 is 0. The molecule has 1 aliphatic heterocycles. The molecule has 1 aliphatic rings. The summed E-state index contributed by atoms with van der Waals surface area (Å²) < 4.78 is 10.7. The van der Waals surface area contributed by atoms with E-state index >= 15 is 0 Å². The second-order valence-electron chi connectivity index (χ2n) is 7.42. The zero-order valence-electron chi connectivity index (χ0n) is 17.7. The number of benzene rings is 1. The number of ether oxygens (including phenoxy) is 2. The molecule has 0 atom stereocenters. The summed E-state index contributed by atoms with van der Waals surface area (Å²) in [4.78, 5) is 34.6. The van der Waals surface area contributed by atoms with E-state index < -0.39 is 17.8 Å². The minimum Gasteiger partial charge on any atom is -0.496 e. The lowest BCUT2D eigenvalue weighted by molar-refractivity contribution is -0.144. The summed E-state index contributed by atoms with van der Waals surface area (Å²) in [5, 5.41) is 2.10. The van der Waals surface area contributed by atoms with E-state index in [4.69, 9.17) is 9.47 Å². The molecule has 0 saturated carbocycles. The molecule has 1 aromatic carbocycles. The molecule has 0 spiro atoms. The molecule has 0 fully saturated rings. The summed E-state index contributed by atoms with van der Waals surface area (Å²) in [5.74, 6) is -0.938. The molecular formula is C24H31NO5. The van der Waals surface area contributed by atoms with Crippen LogP contribution in [-0.4, -0.2) is 24.9 Å².